The Balaban J connectivity index is 2.83. The number of nitrogens with one attached hydrogen (secondary N) is 1. The van der Waals surface area contributed by atoms with Gasteiger partial charge in [0.15, 0.2) is 0 Å². The molecule has 1 rings (SSSR count). The van der Waals surface area contributed by atoms with Crippen LogP contribution in [0.4, 0.5) is 5.69 Å². The number of esters is 1. The first-order chi connectivity index (χ1) is 9.10. The molecule has 0 radical (unpaired) electrons. The van der Waals surface area contributed by atoms with E-state index in [2.05, 4.69) is 5.32 Å². The number of rotatable bonds is 6. The molecule has 1 amide bonds. The van der Waals surface area contributed by atoms with Crippen LogP contribution in [-0.4, -0.2) is 38.2 Å². The number of benzene rings is 1. The van der Waals surface area contributed by atoms with Crippen molar-refractivity contribution in [2.75, 3.05) is 25.6 Å². The topological polar surface area (TPSA) is 90.7 Å². The molecule has 0 aromatic heterocycles. The number of nitrogens with two attached hydrogens (primary N) is 1. The summed E-state index contributed by atoms with van der Waals surface area (Å²) < 4.78 is 9.71. The Morgan fingerprint density at radius 3 is 2.68 bits per heavy atom. The van der Waals surface area contributed by atoms with E-state index < -0.39 is 17.9 Å². The monoisotopic (exact) mass is 266 g/mol. The summed E-state index contributed by atoms with van der Waals surface area (Å²) >= 11 is 0. The van der Waals surface area contributed by atoms with Crippen molar-refractivity contribution in [2.45, 2.75) is 13.0 Å². The molecule has 0 aliphatic carbocycles. The molecule has 19 heavy (non-hydrogen) atoms. The number of anilines is 1. The Bertz CT molecular complexity index is 448. The van der Waals surface area contributed by atoms with E-state index in [1.807, 2.05) is 0 Å². The number of carbonyl (C=O) groups is 2. The number of hydrogen-bond donors (Lipinski definition) is 2. The zero-order valence-corrected chi connectivity index (χ0v) is 11.0. The maximum Gasteiger partial charge on any atom is 0.340 e. The summed E-state index contributed by atoms with van der Waals surface area (Å²) in [5.41, 5.74) is 6.27. The van der Waals surface area contributed by atoms with Crippen LogP contribution in [0.3, 0.4) is 0 Å². The van der Waals surface area contributed by atoms with Gasteiger partial charge in [-0.05, 0) is 19.1 Å². The third-order valence-electron chi connectivity index (χ3n) is 2.36. The van der Waals surface area contributed by atoms with Gasteiger partial charge in [0, 0.05) is 7.11 Å². The standard InChI is InChI=1S/C13H18N2O4/c1-3-19-13(17)9-6-4-5-7-11(9)15-12(16)10(14)8-18-2/h4-7,10H,3,8,14H2,1-2H3,(H,15,16). The van der Waals surface area contributed by atoms with Gasteiger partial charge in [-0.15, -0.1) is 0 Å². The SMILES string of the molecule is CCOC(=O)c1ccccc1NC(=O)C(N)COC. The molecule has 6 heteroatoms. The van der Waals surface area contributed by atoms with E-state index in [-0.39, 0.29) is 13.2 Å². The third-order valence-corrected chi connectivity index (χ3v) is 2.36. The number of amides is 1. The molecule has 104 valence electrons. The number of methoxy groups -OCH3 is 1. The largest absolute Gasteiger partial charge is 0.462 e. The van der Waals surface area contributed by atoms with Crippen LogP contribution in [0.2, 0.25) is 0 Å². The van der Waals surface area contributed by atoms with Gasteiger partial charge in [-0.25, -0.2) is 4.79 Å². The van der Waals surface area contributed by atoms with Crippen molar-refractivity contribution in [3.05, 3.63) is 29.8 Å². The minimum Gasteiger partial charge on any atom is -0.462 e. The summed E-state index contributed by atoms with van der Waals surface area (Å²) in [6, 6.07) is 5.80. The van der Waals surface area contributed by atoms with E-state index in [1.54, 1.807) is 31.2 Å². The maximum absolute atomic E-state index is 11.8. The van der Waals surface area contributed by atoms with Gasteiger partial charge in [-0.2, -0.15) is 0 Å². The summed E-state index contributed by atoms with van der Waals surface area (Å²) in [6.45, 7) is 2.09. The highest BCUT2D eigenvalue weighted by Crippen LogP contribution is 2.16. The molecule has 0 fully saturated rings. The van der Waals surface area contributed by atoms with Crippen LogP contribution in [0.1, 0.15) is 17.3 Å². The van der Waals surface area contributed by atoms with E-state index in [0.717, 1.165) is 0 Å². The quantitative estimate of drug-likeness (QED) is 0.742. The van der Waals surface area contributed by atoms with Gasteiger partial charge in [0.25, 0.3) is 0 Å². The van der Waals surface area contributed by atoms with Crippen molar-refractivity contribution in [3.63, 3.8) is 0 Å². The average molecular weight is 266 g/mol. The van der Waals surface area contributed by atoms with Gasteiger partial charge in [-0.1, -0.05) is 12.1 Å². The summed E-state index contributed by atoms with van der Waals surface area (Å²) in [5, 5.41) is 2.59. The van der Waals surface area contributed by atoms with Crippen LogP contribution in [0.5, 0.6) is 0 Å². The lowest BCUT2D eigenvalue weighted by Crippen LogP contribution is -2.39. The molecule has 0 spiro atoms. The highest BCUT2D eigenvalue weighted by molar-refractivity contribution is 6.02. The average Bonchev–Trinajstić information content (AvgIpc) is 2.39. The third kappa shape index (κ3) is 4.35. The fourth-order valence-corrected chi connectivity index (χ4v) is 1.46. The predicted octanol–water partition coefficient (Wildman–Crippen LogP) is 0.776. The summed E-state index contributed by atoms with van der Waals surface area (Å²) in [5.74, 6) is -0.905. The van der Waals surface area contributed by atoms with E-state index in [0.29, 0.717) is 11.3 Å². The Labute approximate surface area is 111 Å². The van der Waals surface area contributed by atoms with E-state index >= 15 is 0 Å². The molecule has 0 aliphatic rings. The van der Waals surface area contributed by atoms with E-state index in [4.69, 9.17) is 15.2 Å². The van der Waals surface area contributed by atoms with Crippen molar-refractivity contribution in [1.29, 1.82) is 0 Å². The molecule has 0 aliphatic heterocycles. The van der Waals surface area contributed by atoms with Crippen molar-refractivity contribution in [2.24, 2.45) is 5.73 Å². The molecular weight excluding hydrogens is 248 g/mol. The minimum atomic E-state index is -0.791. The van der Waals surface area contributed by atoms with Crippen LogP contribution >= 0.6 is 0 Å². The number of ether oxygens (including phenoxy) is 2. The zero-order valence-electron chi connectivity index (χ0n) is 11.0. The van der Waals surface area contributed by atoms with Crippen molar-refractivity contribution < 1.29 is 19.1 Å². The summed E-state index contributed by atoms with van der Waals surface area (Å²) in [7, 11) is 1.46. The van der Waals surface area contributed by atoms with Crippen LogP contribution in [0.15, 0.2) is 24.3 Å². The Morgan fingerprint density at radius 2 is 2.05 bits per heavy atom. The summed E-state index contributed by atoms with van der Waals surface area (Å²) in [4.78, 5) is 23.5. The number of hydrogen-bond acceptors (Lipinski definition) is 5. The highest BCUT2D eigenvalue weighted by Gasteiger charge is 2.17. The van der Waals surface area contributed by atoms with E-state index in [1.165, 1.54) is 7.11 Å². The van der Waals surface area contributed by atoms with Crippen LogP contribution in [0, 0.1) is 0 Å². The van der Waals surface area contributed by atoms with Gasteiger partial charge < -0.3 is 20.5 Å². The van der Waals surface area contributed by atoms with Crippen LogP contribution < -0.4 is 11.1 Å². The molecule has 0 saturated carbocycles. The zero-order chi connectivity index (χ0) is 14.3. The lowest BCUT2D eigenvalue weighted by Gasteiger charge is -2.13. The fourth-order valence-electron chi connectivity index (χ4n) is 1.46. The molecule has 1 aromatic rings. The lowest BCUT2D eigenvalue weighted by molar-refractivity contribution is -0.118. The van der Waals surface area contributed by atoms with Crippen molar-refractivity contribution >= 4 is 17.6 Å². The van der Waals surface area contributed by atoms with Crippen LogP contribution in [0.25, 0.3) is 0 Å². The smallest absolute Gasteiger partial charge is 0.340 e. The van der Waals surface area contributed by atoms with Crippen molar-refractivity contribution in [1.82, 2.24) is 0 Å². The highest BCUT2D eigenvalue weighted by atomic mass is 16.5. The minimum absolute atomic E-state index is 0.105. The van der Waals surface area contributed by atoms with Gasteiger partial charge in [-0.3, -0.25) is 4.79 Å². The van der Waals surface area contributed by atoms with Gasteiger partial charge in [0.1, 0.15) is 6.04 Å². The van der Waals surface area contributed by atoms with Crippen LogP contribution in [-0.2, 0) is 14.3 Å². The molecule has 0 heterocycles. The first kappa shape index (κ1) is 15.1. The second-order valence-corrected chi connectivity index (χ2v) is 3.82. The fraction of sp³-hybridized carbons (Fsp3) is 0.385. The van der Waals surface area contributed by atoms with Crippen molar-refractivity contribution in [3.8, 4) is 0 Å². The molecule has 1 unspecified atom stereocenters. The lowest BCUT2D eigenvalue weighted by atomic mass is 10.1. The Morgan fingerprint density at radius 1 is 1.37 bits per heavy atom. The predicted molar refractivity (Wildman–Crippen MR) is 70.9 cm³/mol. The van der Waals surface area contributed by atoms with Gasteiger partial charge in [0.05, 0.1) is 24.5 Å². The molecule has 6 nitrogen and oxygen atoms in total. The number of para-hydroxylation sites is 1. The molecule has 3 N–H and O–H groups in total. The summed E-state index contributed by atoms with van der Waals surface area (Å²) in [6.07, 6.45) is 0. The number of carbonyl (C=O) groups excluding carboxylic acids is 2. The van der Waals surface area contributed by atoms with E-state index in [9.17, 15) is 9.59 Å². The second-order valence-electron chi connectivity index (χ2n) is 3.82. The van der Waals surface area contributed by atoms with Gasteiger partial charge >= 0.3 is 5.97 Å². The Kier molecular flexibility index (Phi) is 5.98. The molecule has 1 atom stereocenters. The molecule has 1 aromatic carbocycles. The normalized spacial score (nSPS) is 11.7. The molecular formula is C13H18N2O4. The molecule has 0 bridgehead atoms. The maximum atomic E-state index is 11.8. The second kappa shape index (κ2) is 7.50. The van der Waals surface area contributed by atoms with Gasteiger partial charge in [0.2, 0.25) is 5.91 Å². The first-order valence-electron chi connectivity index (χ1n) is 5.91. The Hall–Kier alpha value is -1.92. The molecule has 0 saturated heterocycles. The first-order valence-corrected chi connectivity index (χ1v) is 5.91.